The second-order valence-corrected chi connectivity index (χ2v) is 7.15. The van der Waals surface area contributed by atoms with E-state index in [1.807, 2.05) is 0 Å². The molecule has 1 N–H and O–H groups in total. The zero-order chi connectivity index (χ0) is 12.2. The first-order valence-electron chi connectivity index (χ1n) is 7.65. The first kappa shape index (κ1) is 11.0. The summed E-state index contributed by atoms with van der Waals surface area (Å²) in [5.74, 6) is 5.22. The summed E-state index contributed by atoms with van der Waals surface area (Å²) in [7, 11) is 0. The lowest BCUT2D eigenvalue weighted by molar-refractivity contribution is -0.0531. The van der Waals surface area contributed by atoms with Crippen LogP contribution in [0.3, 0.4) is 0 Å². The molecule has 1 aromatic rings. The minimum absolute atomic E-state index is 0.583. The van der Waals surface area contributed by atoms with Gasteiger partial charge in [-0.05, 0) is 61.7 Å². The molecule has 1 aromatic heterocycles. The minimum Gasteiger partial charge on any atom is -0.263 e. The van der Waals surface area contributed by atoms with Crippen molar-refractivity contribution in [1.29, 1.82) is 0 Å². The van der Waals surface area contributed by atoms with E-state index in [-0.39, 0.29) is 0 Å². The molecule has 18 heavy (non-hydrogen) atoms. The summed E-state index contributed by atoms with van der Waals surface area (Å²) < 4.78 is 0. The predicted molar refractivity (Wildman–Crippen MR) is 70.1 cm³/mol. The second kappa shape index (κ2) is 3.82. The summed E-state index contributed by atoms with van der Waals surface area (Å²) in [5.41, 5.74) is 0.583. The third-order valence-electron chi connectivity index (χ3n) is 5.60. The van der Waals surface area contributed by atoms with Gasteiger partial charge < -0.3 is 0 Å². The van der Waals surface area contributed by atoms with Crippen LogP contribution in [0.15, 0.2) is 0 Å². The Kier molecular flexibility index (Phi) is 2.33. The molecule has 4 aliphatic carbocycles. The summed E-state index contributed by atoms with van der Waals surface area (Å²) in [5, 5.41) is 7.47. The van der Waals surface area contributed by atoms with E-state index in [2.05, 4.69) is 22.1 Å². The molecule has 1 heterocycles. The van der Waals surface area contributed by atoms with Crippen molar-refractivity contribution in [3.05, 3.63) is 11.6 Å². The van der Waals surface area contributed by atoms with Crippen molar-refractivity contribution in [2.75, 3.05) is 0 Å². The Labute approximate surface area is 109 Å². The highest BCUT2D eigenvalue weighted by Crippen LogP contribution is 2.60. The van der Waals surface area contributed by atoms with Crippen molar-refractivity contribution in [2.24, 2.45) is 23.2 Å². The second-order valence-electron chi connectivity index (χ2n) is 7.15. The number of hydrogen-bond acceptors (Lipinski definition) is 2. The molecule has 0 radical (unpaired) electrons. The summed E-state index contributed by atoms with van der Waals surface area (Å²) in [6.07, 6.45) is 11.0. The van der Waals surface area contributed by atoms with Gasteiger partial charge >= 0.3 is 0 Å². The first-order chi connectivity index (χ1) is 8.75. The number of aryl methyl sites for hydroxylation is 1. The molecule has 0 amide bonds. The quantitative estimate of drug-likeness (QED) is 0.889. The van der Waals surface area contributed by atoms with E-state index >= 15 is 0 Å². The van der Waals surface area contributed by atoms with Gasteiger partial charge in [-0.15, -0.1) is 0 Å². The van der Waals surface area contributed by atoms with Crippen LogP contribution in [0.4, 0.5) is 0 Å². The fraction of sp³-hybridized carbons (Fsp3) is 0.867. The molecular formula is C15H23N3. The van der Waals surface area contributed by atoms with Crippen LogP contribution < -0.4 is 0 Å². The van der Waals surface area contributed by atoms with Gasteiger partial charge in [0, 0.05) is 12.8 Å². The molecule has 0 atom stereocenters. The molecule has 0 spiro atoms. The standard InChI is InChI=1S/C15H23N3/c1-2-13-16-14(18-17-13)9-15-6-10-3-11(7-15)5-12(4-10)8-15/h10-12H,2-9H2,1H3,(H,16,17,18). The van der Waals surface area contributed by atoms with Crippen LogP contribution in [0.25, 0.3) is 0 Å². The largest absolute Gasteiger partial charge is 0.263 e. The Morgan fingerprint density at radius 2 is 1.72 bits per heavy atom. The van der Waals surface area contributed by atoms with Crippen molar-refractivity contribution in [3.63, 3.8) is 0 Å². The lowest BCUT2D eigenvalue weighted by atomic mass is 9.49. The molecule has 0 aromatic carbocycles. The molecule has 4 fully saturated rings. The molecule has 0 unspecified atom stereocenters. The number of aromatic nitrogens is 3. The van der Waals surface area contributed by atoms with Crippen molar-refractivity contribution in [3.8, 4) is 0 Å². The van der Waals surface area contributed by atoms with Crippen molar-refractivity contribution in [1.82, 2.24) is 15.2 Å². The molecule has 4 bridgehead atoms. The molecule has 4 saturated carbocycles. The fourth-order valence-electron chi connectivity index (χ4n) is 5.43. The number of nitrogens with one attached hydrogen (secondary N) is 1. The van der Waals surface area contributed by atoms with Crippen molar-refractivity contribution < 1.29 is 0 Å². The highest BCUT2D eigenvalue weighted by Gasteiger charge is 2.50. The number of nitrogens with zero attached hydrogens (tertiary/aromatic N) is 2. The monoisotopic (exact) mass is 245 g/mol. The summed E-state index contributed by atoms with van der Waals surface area (Å²) in [6, 6.07) is 0. The van der Waals surface area contributed by atoms with Crippen LogP contribution in [0, 0.1) is 23.2 Å². The third kappa shape index (κ3) is 1.70. The van der Waals surface area contributed by atoms with E-state index in [0.29, 0.717) is 5.41 Å². The van der Waals surface area contributed by atoms with Gasteiger partial charge in [-0.2, -0.15) is 5.10 Å². The molecule has 0 aliphatic heterocycles. The molecule has 98 valence electrons. The molecule has 0 saturated heterocycles. The average molecular weight is 245 g/mol. The Morgan fingerprint density at radius 3 is 2.22 bits per heavy atom. The van der Waals surface area contributed by atoms with E-state index in [9.17, 15) is 0 Å². The average Bonchev–Trinajstić information content (AvgIpc) is 2.74. The van der Waals surface area contributed by atoms with E-state index in [4.69, 9.17) is 0 Å². The van der Waals surface area contributed by atoms with Gasteiger partial charge in [0.05, 0.1) is 0 Å². The van der Waals surface area contributed by atoms with Gasteiger partial charge in [0.2, 0.25) is 0 Å². The lowest BCUT2D eigenvalue weighted by Gasteiger charge is -2.56. The maximum absolute atomic E-state index is 4.64. The molecule has 5 rings (SSSR count). The topological polar surface area (TPSA) is 41.6 Å². The predicted octanol–water partition coefficient (Wildman–Crippen LogP) is 3.13. The Hall–Kier alpha value is -0.860. The van der Waals surface area contributed by atoms with Gasteiger partial charge in [0.1, 0.15) is 11.6 Å². The van der Waals surface area contributed by atoms with Crippen molar-refractivity contribution in [2.45, 2.75) is 58.3 Å². The zero-order valence-corrected chi connectivity index (χ0v) is 11.3. The third-order valence-corrected chi connectivity index (χ3v) is 5.60. The van der Waals surface area contributed by atoms with Crippen LogP contribution in [-0.4, -0.2) is 15.2 Å². The normalized spacial score (nSPS) is 41.5. The number of aromatic amines is 1. The maximum atomic E-state index is 4.64. The van der Waals surface area contributed by atoms with Gasteiger partial charge in [-0.25, -0.2) is 4.98 Å². The van der Waals surface area contributed by atoms with Crippen LogP contribution in [0.2, 0.25) is 0 Å². The highest BCUT2D eigenvalue weighted by atomic mass is 15.2. The Morgan fingerprint density at radius 1 is 1.11 bits per heavy atom. The fourth-order valence-corrected chi connectivity index (χ4v) is 5.43. The first-order valence-corrected chi connectivity index (χ1v) is 7.65. The Balaban J connectivity index is 1.56. The maximum Gasteiger partial charge on any atom is 0.150 e. The van der Waals surface area contributed by atoms with E-state index in [0.717, 1.165) is 42.2 Å². The summed E-state index contributed by atoms with van der Waals surface area (Å²) >= 11 is 0. The summed E-state index contributed by atoms with van der Waals surface area (Å²) in [6.45, 7) is 2.12. The van der Waals surface area contributed by atoms with E-state index in [1.165, 1.54) is 38.5 Å². The van der Waals surface area contributed by atoms with E-state index in [1.54, 1.807) is 0 Å². The SMILES string of the molecule is CCc1n[nH]c(CC23CC4CC(CC(C4)C2)C3)n1. The lowest BCUT2D eigenvalue weighted by Crippen LogP contribution is -2.47. The minimum atomic E-state index is 0.583. The summed E-state index contributed by atoms with van der Waals surface area (Å²) in [4.78, 5) is 4.64. The van der Waals surface area contributed by atoms with Gasteiger partial charge in [0.15, 0.2) is 0 Å². The van der Waals surface area contributed by atoms with Crippen LogP contribution in [0.5, 0.6) is 0 Å². The molecule has 3 nitrogen and oxygen atoms in total. The van der Waals surface area contributed by atoms with Gasteiger partial charge in [-0.1, -0.05) is 6.92 Å². The zero-order valence-electron chi connectivity index (χ0n) is 11.3. The van der Waals surface area contributed by atoms with Gasteiger partial charge in [0.25, 0.3) is 0 Å². The molecular weight excluding hydrogens is 222 g/mol. The molecule has 3 heteroatoms. The highest BCUT2D eigenvalue weighted by molar-refractivity contribution is 5.05. The smallest absolute Gasteiger partial charge is 0.150 e. The molecule has 4 aliphatic rings. The number of H-pyrrole nitrogens is 1. The Bertz CT molecular complexity index is 413. The van der Waals surface area contributed by atoms with Crippen LogP contribution >= 0.6 is 0 Å². The van der Waals surface area contributed by atoms with Gasteiger partial charge in [-0.3, -0.25) is 5.10 Å². The van der Waals surface area contributed by atoms with Crippen molar-refractivity contribution >= 4 is 0 Å². The number of hydrogen-bond donors (Lipinski definition) is 1. The van der Waals surface area contributed by atoms with Crippen LogP contribution in [-0.2, 0) is 12.8 Å². The van der Waals surface area contributed by atoms with Crippen LogP contribution in [0.1, 0.15) is 57.1 Å². The number of rotatable bonds is 3. The van der Waals surface area contributed by atoms with E-state index < -0.39 is 0 Å².